The van der Waals surface area contributed by atoms with Crippen molar-refractivity contribution in [3.05, 3.63) is 22.4 Å². The van der Waals surface area contributed by atoms with Crippen molar-refractivity contribution in [1.29, 1.82) is 0 Å². The Morgan fingerprint density at radius 2 is 2.43 bits per heavy atom. The molecule has 74 valence electrons. The van der Waals surface area contributed by atoms with Gasteiger partial charge in [-0.15, -0.1) is 21.5 Å². The zero-order valence-electron chi connectivity index (χ0n) is 7.97. The summed E-state index contributed by atoms with van der Waals surface area (Å²) in [6.45, 7) is 2.02. The van der Waals surface area contributed by atoms with Crippen molar-refractivity contribution in [1.82, 2.24) is 19.7 Å². The van der Waals surface area contributed by atoms with Crippen LogP contribution in [0.3, 0.4) is 0 Å². The molecule has 0 fully saturated rings. The maximum atomic E-state index is 4.38. The van der Waals surface area contributed by atoms with Crippen LogP contribution in [0.25, 0.3) is 0 Å². The van der Waals surface area contributed by atoms with E-state index in [-0.39, 0.29) is 0 Å². The lowest BCUT2D eigenvalue weighted by Gasteiger charge is -1.96. The van der Waals surface area contributed by atoms with Gasteiger partial charge in [0.15, 0.2) is 5.16 Å². The molecule has 2 rings (SSSR count). The Bertz CT molecular complexity index is 420. The van der Waals surface area contributed by atoms with Gasteiger partial charge in [0.2, 0.25) is 0 Å². The van der Waals surface area contributed by atoms with Gasteiger partial charge in [-0.1, -0.05) is 11.8 Å². The Kier molecular flexibility index (Phi) is 2.83. The third-order valence-electron chi connectivity index (χ3n) is 1.69. The summed E-state index contributed by atoms with van der Waals surface area (Å²) < 4.78 is 1.91. The summed E-state index contributed by atoms with van der Waals surface area (Å²) in [5.41, 5.74) is 1.11. The van der Waals surface area contributed by atoms with Gasteiger partial charge < -0.3 is 4.57 Å². The molecule has 0 aliphatic heterocycles. The van der Waals surface area contributed by atoms with Crippen molar-refractivity contribution in [2.75, 3.05) is 0 Å². The van der Waals surface area contributed by atoms with Crippen molar-refractivity contribution in [2.45, 2.75) is 17.8 Å². The monoisotopic (exact) mass is 226 g/mol. The van der Waals surface area contributed by atoms with Gasteiger partial charge in [0.05, 0.1) is 10.7 Å². The number of hydrogen-bond acceptors (Lipinski definition) is 5. The minimum absolute atomic E-state index is 0.858. The predicted molar refractivity (Wildman–Crippen MR) is 57.4 cm³/mol. The fraction of sp³-hybridized carbons (Fsp3) is 0.375. The quantitative estimate of drug-likeness (QED) is 0.749. The molecule has 0 amide bonds. The number of rotatable bonds is 3. The first-order valence-corrected chi connectivity index (χ1v) is 6.00. The van der Waals surface area contributed by atoms with E-state index in [9.17, 15) is 0 Å². The standard InChI is InChI=1S/C8H10N4S2/c1-6-10-7(3-13-6)4-14-8-11-9-5-12(8)2/h3,5H,4H2,1-2H3. The molecule has 6 heteroatoms. The zero-order valence-corrected chi connectivity index (χ0v) is 9.60. The third kappa shape index (κ3) is 2.13. The molecule has 0 N–H and O–H groups in total. The summed E-state index contributed by atoms with van der Waals surface area (Å²) in [5.74, 6) is 0.858. The highest BCUT2D eigenvalue weighted by Crippen LogP contribution is 2.20. The van der Waals surface area contributed by atoms with Crippen molar-refractivity contribution < 1.29 is 0 Å². The van der Waals surface area contributed by atoms with Crippen molar-refractivity contribution >= 4 is 23.1 Å². The SMILES string of the molecule is Cc1nc(CSc2nncn2C)cs1. The molecule has 2 heterocycles. The lowest BCUT2D eigenvalue weighted by Crippen LogP contribution is -1.89. The van der Waals surface area contributed by atoms with Gasteiger partial charge in [-0.05, 0) is 6.92 Å². The summed E-state index contributed by atoms with van der Waals surface area (Å²) in [6.07, 6.45) is 1.70. The Balaban J connectivity index is 1.98. The normalized spacial score (nSPS) is 10.7. The predicted octanol–water partition coefficient (Wildman–Crippen LogP) is 1.87. The van der Waals surface area contributed by atoms with Crippen LogP contribution in [0.5, 0.6) is 0 Å². The average molecular weight is 226 g/mol. The second-order valence-electron chi connectivity index (χ2n) is 2.87. The molecular weight excluding hydrogens is 216 g/mol. The topological polar surface area (TPSA) is 43.6 Å². The van der Waals surface area contributed by atoms with Crippen LogP contribution in [-0.4, -0.2) is 19.7 Å². The molecule has 0 radical (unpaired) electrons. The average Bonchev–Trinajstić information content (AvgIpc) is 2.72. The molecule has 2 aromatic heterocycles. The first-order valence-electron chi connectivity index (χ1n) is 4.13. The van der Waals surface area contributed by atoms with Gasteiger partial charge in [0.1, 0.15) is 6.33 Å². The minimum atomic E-state index is 0.858. The van der Waals surface area contributed by atoms with E-state index in [1.165, 1.54) is 0 Å². The molecule has 0 unspecified atom stereocenters. The largest absolute Gasteiger partial charge is 0.312 e. The molecule has 4 nitrogen and oxygen atoms in total. The van der Waals surface area contributed by atoms with Crippen LogP contribution >= 0.6 is 23.1 Å². The summed E-state index contributed by atoms with van der Waals surface area (Å²) in [5, 5.41) is 11.9. The number of aromatic nitrogens is 4. The van der Waals surface area contributed by atoms with Crippen LogP contribution in [-0.2, 0) is 12.8 Å². The van der Waals surface area contributed by atoms with Gasteiger partial charge in [-0.3, -0.25) is 0 Å². The highest BCUT2D eigenvalue weighted by atomic mass is 32.2. The maximum absolute atomic E-state index is 4.38. The van der Waals surface area contributed by atoms with Crippen LogP contribution in [0.2, 0.25) is 0 Å². The lowest BCUT2D eigenvalue weighted by atomic mass is 10.6. The number of thioether (sulfide) groups is 1. The number of thiazole rings is 1. The smallest absolute Gasteiger partial charge is 0.191 e. The van der Waals surface area contributed by atoms with E-state index in [2.05, 4.69) is 20.6 Å². The first kappa shape index (κ1) is 9.67. The zero-order chi connectivity index (χ0) is 9.97. The fourth-order valence-corrected chi connectivity index (χ4v) is 2.51. The van der Waals surface area contributed by atoms with E-state index in [1.807, 2.05) is 18.5 Å². The molecule has 0 aromatic carbocycles. The molecule has 0 bridgehead atoms. The third-order valence-corrected chi connectivity index (χ3v) is 3.58. The van der Waals surface area contributed by atoms with Crippen LogP contribution in [0.4, 0.5) is 0 Å². The summed E-state index contributed by atoms with van der Waals surface area (Å²) in [6, 6.07) is 0. The first-order chi connectivity index (χ1) is 6.75. The maximum Gasteiger partial charge on any atom is 0.191 e. The molecule has 0 saturated carbocycles. The Hall–Kier alpha value is -0.880. The van der Waals surface area contributed by atoms with Crippen molar-refractivity contribution in [3.63, 3.8) is 0 Å². The van der Waals surface area contributed by atoms with E-state index in [1.54, 1.807) is 29.4 Å². The molecular formula is C8H10N4S2. The molecule has 2 aromatic rings. The number of aryl methyl sites for hydroxylation is 2. The van der Waals surface area contributed by atoms with E-state index in [4.69, 9.17) is 0 Å². The van der Waals surface area contributed by atoms with Gasteiger partial charge in [-0.25, -0.2) is 4.98 Å². The lowest BCUT2D eigenvalue weighted by molar-refractivity contribution is 0.788. The van der Waals surface area contributed by atoms with Gasteiger partial charge in [0, 0.05) is 18.2 Å². The van der Waals surface area contributed by atoms with Crippen LogP contribution in [0.15, 0.2) is 16.9 Å². The molecule has 14 heavy (non-hydrogen) atoms. The summed E-state index contributed by atoms with van der Waals surface area (Å²) in [7, 11) is 1.94. The summed E-state index contributed by atoms with van der Waals surface area (Å²) >= 11 is 3.33. The van der Waals surface area contributed by atoms with Crippen LogP contribution in [0, 0.1) is 6.92 Å². The molecule has 0 spiro atoms. The second kappa shape index (κ2) is 4.10. The fourth-order valence-electron chi connectivity index (χ4n) is 1.02. The van der Waals surface area contributed by atoms with Crippen molar-refractivity contribution in [2.24, 2.45) is 7.05 Å². The van der Waals surface area contributed by atoms with Gasteiger partial charge >= 0.3 is 0 Å². The van der Waals surface area contributed by atoms with Crippen molar-refractivity contribution in [3.8, 4) is 0 Å². The minimum Gasteiger partial charge on any atom is -0.312 e. The van der Waals surface area contributed by atoms with Crippen LogP contribution < -0.4 is 0 Å². The molecule has 0 aliphatic carbocycles. The number of nitrogens with zero attached hydrogens (tertiary/aromatic N) is 4. The van der Waals surface area contributed by atoms with E-state index in [0.717, 1.165) is 21.6 Å². The van der Waals surface area contributed by atoms with E-state index >= 15 is 0 Å². The second-order valence-corrected chi connectivity index (χ2v) is 4.88. The van der Waals surface area contributed by atoms with Crippen LogP contribution in [0.1, 0.15) is 10.7 Å². The van der Waals surface area contributed by atoms with E-state index in [0.29, 0.717) is 0 Å². The Morgan fingerprint density at radius 3 is 3.00 bits per heavy atom. The molecule has 0 aliphatic rings. The molecule has 0 atom stereocenters. The molecule has 0 saturated heterocycles. The van der Waals surface area contributed by atoms with Gasteiger partial charge in [0.25, 0.3) is 0 Å². The highest BCUT2D eigenvalue weighted by molar-refractivity contribution is 7.98. The highest BCUT2D eigenvalue weighted by Gasteiger charge is 2.03. The Morgan fingerprint density at radius 1 is 1.57 bits per heavy atom. The Labute approximate surface area is 90.4 Å². The van der Waals surface area contributed by atoms with E-state index < -0.39 is 0 Å². The van der Waals surface area contributed by atoms with Gasteiger partial charge in [-0.2, -0.15) is 0 Å². The summed E-state index contributed by atoms with van der Waals surface area (Å²) in [4.78, 5) is 4.38. The number of hydrogen-bond donors (Lipinski definition) is 0.